The Morgan fingerprint density at radius 2 is 1.66 bits per heavy atom. The highest BCUT2D eigenvalue weighted by Crippen LogP contribution is 2.39. The molecule has 2 heterocycles. The van der Waals surface area contributed by atoms with Crippen molar-refractivity contribution in [2.75, 3.05) is 19.5 Å². The monoisotopic (exact) mass is 512 g/mol. The van der Waals surface area contributed by atoms with Gasteiger partial charge in [0, 0.05) is 30.5 Å². The number of aryl methyl sites for hydroxylation is 1. The summed E-state index contributed by atoms with van der Waals surface area (Å²) in [7, 11) is 4.67. The topological polar surface area (TPSA) is 87.5 Å². The van der Waals surface area contributed by atoms with Gasteiger partial charge in [0.2, 0.25) is 5.95 Å². The third-order valence-corrected chi connectivity index (χ3v) is 6.15. The minimum Gasteiger partial charge on any atom is -0.493 e. The van der Waals surface area contributed by atoms with Crippen LogP contribution in [0.1, 0.15) is 5.56 Å². The lowest BCUT2D eigenvalue weighted by molar-refractivity contribution is 0.358. The van der Waals surface area contributed by atoms with Crippen LogP contribution in [0.5, 0.6) is 23.0 Å². The number of anilines is 2. The lowest BCUT2D eigenvalue weighted by Gasteiger charge is -2.14. The minimum absolute atomic E-state index is 0.00141. The highest BCUT2D eigenvalue weighted by Gasteiger charge is 2.16. The van der Waals surface area contributed by atoms with Crippen LogP contribution in [-0.2, 0) is 7.05 Å². The first-order chi connectivity index (χ1) is 18.4. The number of nitrogens with zero attached hydrogens (tertiary/aromatic N) is 3. The molecular formula is C29H25FN4O4. The van der Waals surface area contributed by atoms with Crippen LogP contribution >= 0.6 is 0 Å². The van der Waals surface area contributed by atoms with Crippen LogP contribution in [-0.4, -0.2) is 28.8 Å². The first-order valence-corrected chi connectivity index (χ1v) is 11.8. The summed E-state index contributed by atoms with van der Waals surface area (Å²) in [5.41, 5.74) is 2.78. The van der Waals surface area contributed by atoms with Crippen molar-refractivity contribution in [2.45, 2.75) is 6.92 Å². The molecule has 0 atom stereocenters. The molecule has 38 heavy (non-hydrogen) atoms. The Morgan fingerprint density at radius 1 is 0.895 bits per heavy atom. The lowest BCUT2D eigenvalue weighted by Crippen LogP contribution is -2.22. The third-order valence-electron chi connectivity index (χ3n) is 6.15. The fourth-order valence-corrected chi connectivity index (χ4v) is 4.09. The highest BCUT2D eigenvalue weighted by atomic mass is 19.1. The zero-order valence-corrected chi connectivity index (χ0v) is 21.3. The standard InChI is InChI=1S/C29H25FN4O4/c1-17-5-8-19(9-6-17)33-29-32-16-21(28(35)34(29)2)18-7-11-24(22(30)15-18)38-23-13-14-31-26-20(23)10-12-25(36-3)27(26)37-4/h5-16H,1-4H3,(H,32,33). The van der Waals surface area contributed by atoms with Crippen LogP contribution in [0.15, 0.2) is 77.9 Å². The maximum absolute atomic E-state index is 15.2. The molecule has 0 spiro atoms. The number of aromatic nitrogens is 3. The van der Waals surface area contributed by atoms with Gasteiger partial charge in [0.25, 0.3) is 5.56 Å². The number of nitrogens with one attached hydrogen (secondary N) is 1. The average Bonchev–Trinajstić information content (AvgIpc) is 2.93. The van der Waals surface area contributed by atoms with Gasteiger partial charge in [-0.2, -0.15) is 0 Å². The zero-order chi connectivity index (χ0) is 26.8. The summed E-state index contributed by atoms with van der Waals surface area (Å²) in [4.78, 5) is 21.8. The van der Waals surface area contributed by atoms with Crippen molar-refractivity contribution in [1.29, 1.82) is 0 Å². The molecule has 0 bridgehead atoms. The fraction of sp³-hybridized carbons (Fsp3) is 0.138. The molecule has 2 aromatic heterocycles. The molecule has 8 nitrogen and oxygen atoms in total. The van der Waals surface area contributed by atoms with E-state index in [0.717, 1.165) is 11.3 Å². The quantitative estimate of drug-likeness (QED) is 0.286. The van der Waals surface area contributed by atoms with Crippen molar-refractivity contribution in [3.63, 3.8) is 0 Å². The Balaban J connectivity index is 1.44. The van der Waals surface area contributed by atoms with Crippen molar-refractivity contribution < 1.29 is 18.6 Å². The van der Waals surface area contributed by atoms with E-state index < -0.39 is 5.82 Å². The summed E-state index contributed by atoms with van der Waals surface area (Å²) in [5, 5.41) is 3.76. The number of hydrogen-bond donors (Lipinski definition) is 1. The number of rotatable bonds is 7. The van der Waals surface area contributed by atoms with Crippen molar-refractivity contribution in [1.82, 2.24) is 14.5 Å². The Morgan fingerprint density at radius 3 is 2.37 bits per heavy atom. The van der Waals surface area contributed by atoms with Crippen LogP contribution in [0, 0.1) is 12.7 Å². The molecule has 0 amide bonds. The molecule has 0 saturated heterocycles. The number of halogens is 1. The molecule has 192 valence electrons. The summed E-state index contributed by atoms with van der Waals surface area (Å²) in [6.45, 7) is 2.00. The second-order valence-corrected chi connectivity index (χ2v) is 8.60. The van der Waals surface area contributed by atoms with Crippen molar-refractivity contribution in [3.8, 4) is 34.1 Å². The Hall–Kier alpha value is -4.92. The molecule has 0 unspecified atom stereocenters. The van der Waals surface area contributed by atoms with E-state index in [1.165, 1.54) is 37.1 Å². The van der Waals surface area contributed by atoms with E-state index in [0.29, 0.717) is 39.7 Å². The van der Waals surface area contributed by atoms with E-state index in [4.69, 9.17) is 14.2 Å². The van der Waals surface area contributed by atoms with Crippen molar-refractivity contribution >= 4 is 22.5 Å². The number of ether oxygens (including phenoxy) is 3. The SMILES string of the molecule is COc1ccc2c(Oc3ccc(-c4cnc(Nc5ccc(C)cc5)n(C)c4=O)cc3F)ccnc2c1OC. The first-order valence-electron chi connectivity index (χ1n) is 11.8. The third kappa shape index (κ3) is 4.61. The van der Waals surface area contributed by atoms with Gasteiger partial charge in [0.15, 0.2) is 23.1 Å². The normalized spacial score (nSPS) is 10.9. The summed E-state index contributed by atoms with van der Waals surface area (Å²) < 4.78 is 33.3. The molecule has 0 aliphatic rings. The maximum atomic E-state index is 15.2. The van der Waals surface area contributed by atoms with Gasteiger partial charge in [-0.25, -0.2) is 9.37 Å². The molecule has 0 saturated carbocycles. The van der Waals surface area contributed by atoms with Gasteiger partial charge in [-0.15, -0.1) is 0 Å². The Kier molecular flexibility index (Phi) is 6.66. The van der Waals surface area contributed by atoms with Gasteiger partial charge in [0.05, 0.1) is 19.8 Å². The van der Waals surface area contributed by atoms with Gasteiger partial charge in [-0.1, -0.05) is 23.8 Å². The smallest absolute Gasteiger partial charge is 0.262 e. The van der Waals surface area contributed by atoms with Crippen LogP contribution in [0.2, 0.25) is 0 Å². The fourth-order valence-electron chi connectivity index (χ4n) is 4.09. The number of benzene rings is 3. The molecule has 5 aromatic rings. The van der Waals surface area contributed by atoms with E-state index >= 15 is 4.39 Å². The molecule has 0 fully saturated rings. The second kappa shape index (κ2) is 10.2. The van der Waals surface area contributed by atoms with Crippen LogP contribution in [0.25, 0.3) is 22.0 Å². The van der Waals surface area contributed by atoms with Crippen LogP contribution in [0.3, 0.4) is 0 Å². The number of fused-ring (bicyclic) bond motifs is 1. The number of hydrogen-bond acceptors (Lipinski definition) is 7. The molecule has 1 N–H and O–H groups in total. The number of methoxy groups -OCH3 is 2. The van der Waals surface area contributed by atoms with E-state index in [-0.39, 0.29) is 16.9 Å². The zero-order valence-electron chi connectivity index (χ0n) is 21.3. The highest BCUT2D eigenvalue weighted by molar-refractivity contribution is 5.92. The molecule has 0 aliphatic heterocycles. The van der Waals surface area contributed by atoms with E-state index in [2.05, 4.69) is 15.3 Å². The van der Waals surface area contributed by atoms with Gasteiger partial charge >= 0.3 is 0 Å². The Labute approximate surface area is 218 Å². The van der Waals surface area contributed by atoms with Crippen LogP contribution < -0.4 is 25.1 Å². The minimum atomic E-state index is -0.628. The van der Waals surface area contributed by atoms with Gasteiger partial charge in [-0.05, 0) is 55.0 Å². The lowest BCUT2D eigenvalue weighted by atomic mass is 10.1. The van der Waals surface area contributed by atoms with Gasteiger partial charge in [0.1, 0.15) is 11.3 Å². The Bertz CT molecular complexity index is 1700. The maximum Gasteiger partial charge on any atom is 0.262 e. The van der Waals surface area contributed by atoms with Crippen molar-refractivity contribution in [2.24, 2.45) is 7.05 Å². The predicted molar refractivity (Wildman–Crippen MR) is 144 cm³/mol. The second-order valence-electron chi connectivity index (χ2n) is 8.60. The molecule has 0 aliphatic carbocycles. The van der Waals surface area contributed by atoms with E-state index in [1.54, 1.807) is 37.5 Å². The van der Waals surface area contributed by atoms with E-state index in [1.807, 2.05) is 31.2 Å². The summed E-state index contributed by atoms with van der Waals surface area (Å²) >= 11 is 0. The van der Waals surface area contributed by atoms with Crippen molar-refractivity contribution in [3.05, 3.63) is 94.8 Å². The summed E-state index contributed by atoms with van der Waals surface area (Å²) in [6.07, 6.45) is 2.98. The molecule has 3 aromatic carbocycles. The van der Waals surface area contributed by atoms with E-state index in [9.17, 15) is 4.79 Å². The number of pyridine rings is 1. The molecule has 5 rings (SSSR count). The first kappa shape index (κ1) is 24.8. The predicted octanol–water partition coefficient (Wildman–Crippen LogP) is 6.00. The summed E-state index contributed by atoms with van der Waals surface area (Å²) in [5.74, 6) is 1.12. The van der Waals surface area contributed by atoms with Gasteiger partial charge in [-0.3, -0.25) is 14.3 Å². The molecular weight excluding hydrogens is 487 g/mol. The largest absolute Gasteiger partial charge is 0.493 e. The summed E-state index contributed by atoms with van der Waals surface area (Å²) in [6, 6.07) is 17.2. The molecule has 0 radical (unpaired) electrons. The average molecular weight is 513 g/mol. The van der Waals surface area contributed by atoms with Crippen LogP contribution in [0.4, 0.5) is 16.0 Å². The molecule has 9 heteroatoms. The van der Waals surface area contributed by atoms with Gasteiger partial charge < -0.3 is 19.5 Å².